The van der Waals surface area contributed by atoms with Crippen LogP contribution in [0.25, 0.3) is 0 Å². The molecule has 1 aliphatic rings. The summed E-state index contributed by atoms with van der Waals surface area (Å²) in [5.41, 5.74) is 0. The molecule has 0 N–H and O–H groups in total. The molecule has 0 nitrogen and oxygen atoms in total. The molecule has 0 unspecified atom stereocenters. The van der Waals surface area contributed by atoms with Crippen molar-refractivity contribution in [2.75, 3.05) is 0 Å². The molecule has 0 aromatic rings. The van der Waals surface area contributed by atoms with E-state index in [1.54, 1.807) is 0 Å². The Hall–Kier alpha value is 0.350. The first-order valence-electron chi connectivity index (χ1n) is 3.49. The zero-order valence-electron chi connectivity index (χ0n) is 6.04. The molecule has 0 fully saturated rings. The molecule has 0 saturated carbocycles. The van der Waals surface area contributed by atoms with Crippen molar-refractivity contribution in [3.8, 4) is 0 Å². The van der Waals surface area contributed by atoms with Crippen LogP contribution < -0.4 is 0 Å². The van der Waals surface area contributed by atoms with Crippen molar-refractivity contribution in [2.45, 2.75) is 21.2 Å². The SMILES string of the molecule is C[CH](C)[In][CH]1C=CC=C1. The third-order valence-corrected chi connectivity index (χ3v) is 6.12. The second-order valence-electron chi connectivity index (χ2n) is 2.78. The molecule has 1 rings (SSSR count). The predicted molar refractivity (Wildman–Crippen MR) is 42.9 cm³/mol. The van der Waals surface area contributed by atoms with Gasteiger partial charge in [-0.1, -0.05) is 0 Å². The number of rotatable bonds is 2. The van der Waals surface area contributed by atoms with Gasteiger partial charge in [0.05, 0.1) is 0 Å². The van der Waals surface area contributed by atoms with E-state index in [1.165, 1.54) is 0 Å². The normalized spacial score (nSPS) is 17.7. The van der Waals surface area contributed by atoms with E-state index in [1.807, 2.05) is 0 Å². The van der Waals surface area contributed by atoms with Crippen LogP contribution in [0, 0.1) is 0 Å². The number of hydrogen-bond donors (Lipinski definition) is 0. The summed E-state index contributed by atoms with van der Waals surface area (Å²) in [6.07, 6.45) is 9.06. The topological polar surface area (TPSA) is 0 Å². The molecule has 0 aromatic carbocycles. The van der Waals surface area contributed by atoms with Gasteiger partial charge in [-0.15, -0.1) is 0 Å². The molecule has 1 aliphatic carbocycles. The molecule has 1 heteroatoms. The fourth-order valence-corrected chi connectivity index (χ4v) is 5.02. The molecule has 0 aromatic heterocycles. The summed E-state index contributed by atoms with van der Waals surface area (Å²) < 4.78 is 1.93. The fraction of sp³-hybridized carbons (Fsp3) is 0.500. The van der Waals surface area contributed by atoms with Crippen molar-refractivity contribution >= 4 is 22.9 Å². The molecular formula is C8H12In. The molecule has 47 valence electrons. The van der Waals surface area contributed by atoms with Crippen molar-refractivity contribution in [1.29, 1.82) is 0 Å². The maximum atomic E-state index is 2.35. The van der Waals surface area contributed by atoms with Crippen molar-refractivity contribution in [2.24, 2.45) is 0 Å². The number of allylic oxidation sites excluding steroid dienone is 4. The van der Waals surface area contributed by atoms with E-state index in [4.69, 9.17) is 0 Å². The Kier molecular flexibility index (Phi) is 2.90. The monoisotopic (exact) mass is 223 g/mol. The third kappa shape index (κ3) is 2.61. The Bertz CT molecular complexity index is 122. The second kappa shape index (κ2) is 3.50. The van der Waals surface area contributed by atoms with E-state index < -0.39 is 0 Å². The van der Waals surface area contributed by atoms with Gasteiger partial charge < -0.3 is 0 Å². The molecular weight excluding hydrogens is 211 g/mol. The van der Waals surface area contributed by atoms with E-state index in [2.05, 4.69) is 38.2 Å². The van der Waals surface area contributed by atoms with Gasteiger partial charge in [0.15, 0.2) is 0 Å². The van der Waals surface area contributed by atoms with Gasteiger partial charge in [0.1, 0.15) is 0 Å². The van der Waals surface area contributed by atoms with Crippen molar-refractivity contribution < 1.29 is 0 Å². The van der Waals surface area contributed by atoms with E-state index >= 15 is 0 Å². The summed E-state index contributed by atoms with van der Waals surface area (Å²) in [5.74, 6) is 0. The quantitative estimate of drug-likeness (QED) is 0.674. The van der Waals surface area contributed by atoms with Crippen LogP contribution in [0.2, 0.25) is 7.35 Å². The summed E-state index contributed by atoms with van der Waals surface area (Å²) in [7, 11) is 0. The van der Waals surface area contributed by atoms with Gasteiger partial charge in [-0.3, -0.25) is 0 Å². The molecule has 0 bridgehead atoms. The van der Waals surface area contributed by atoms with Crippen LogP contribution in [-0.2, 0) is 0 Å². The van der Waals surface area contributed by atoms with Gasteiger partial charge >= 0.3 is 68.4 Å². The molecule has 0 heterocycles. The summed E-state index contributed by atoms with van der Waals surface area (Å²) in [5, 5.41) is 0. The molecule has 0 aliphatic heterocycles. The van der Waals surface area contributed by atoms with Crippen LogP contribution >= 0.6 is 0 Å². The summed E-state index contributed by atoms with van der Waals surface area (Å²) in [6.45, 7) is 4.70. The van der Waals surface area contributed by atoms with Crippen molar-refractivity contribution in [3.05, 3.63) is 24.3 Å². The standard InChI is InChI=1S/C5H5.C3H7.In/c1-2-4-5-3-1;1-3-2;/h1-5H;3H,1-2H3;. The molecule has 0 amide bonds. The Morgan fingerprint density at radius 2 is 1.78 bits per heavy atom. The minimum atomic E-state index is -0.274. The van der Waals surface area contributed by atoms with Gasteiger partial charge in [0.25, 0.3) is 0 Å². The van der Waals surface area contributed by atoms with Crippen LogP contribution in [0.4, 0.5) is 0 Å². The average molecular weight is 223 g/mol. The van der Waals surface area contributed by atoms with Crippen molar-refractivity contribution in [3.63, 3.8) is 0 Å². The number of hydrogen-bond acceptors (Lipinski definition) is 0. The molecule has 1 radical (unpaired) electrons. The van der Waals surface area contributed by atoms with Crippen LogP contribution in [-0.4, -0.2) is 22.9 Å². The van der Waals surface area contributed by atoms with Crippen LogP contribution in [0.5, 0.6) is 0 Å². The Labute approximate surface area is 68.4 Å². The van der Waals surface area contributed by atoms with E-state index in [0.29, 0.717) is 0 Å². The zero-order chi connectivity index (χ0) is 6.69. The van der Waals surface area contributed by atoms with Gasteiger partial charge in [-0.2, -0.15) is 0 Å². The maximum absolute atomic E-state index is 2.35. The van der Waals surface area contributed by atoms with Crippen LogP contribution in [0.3, 0.4) is 0 Å². The van der Waals surface area contributed by atoms with Crippen molar-refractivity contribution in [1.82, 2.24) is 0 Å². The van der Waals surface area contributed by atoms with Crippen LogP contribution in [0.15, 0.2) is 24.3 Å². The predicted octanol–water partition coefficient (Wildman–Crippen LogP) is 2.43. The van der Waals surface area contributed by atoms with Gasteiger partial charge in [-0.05, 0) is 0 Å². The van der Waals surface area contributed by atoms with E-state index in [-0.39, 0.29) is 22.9 Å². The summed E-state index contributed by atoms with van der Waals surface area (Å²) >= 11 is -0.274. The Balaban J connectivity index is 2.29. The second-order valence-corrected chi connectivity index (χ2v) is 9.88. The summed E-state index contributed by atoms with van der Waals surface area (Å²) in [4.78, 5) is 0. The van der Waals surface area contributed by atoms with Gasteiger partial charge in [-0.25, -0.2) is 0 Å². The zero-order valence-corrected chi connectivity index (χ0v) is 9.34. The fourth-order valence-electron chi connectivity index (χ4n) is 1.02. The average Bonchev–Trinajstić information content (AvgIpc) is 2.15. The molecule has 9 heavy (non-hydrogen) atoms. The van der Waals surface area contributed by atoms with Gasteiger partial charge in [0.2, 0.25) is 0 Å². The Morgan fingerprint density at radius 3 is 2.22 bits per heavy atom. The third-order valence-electron chi connectivity index (χ3n) is 1.38. The van der Waals surface area contributed by atoms with E-state index in [0.717, 1.165) is 7.35 Å². The first-order chi connectivity index (χ1) is 4.29. The summed E-state index contributed by atoms with van der Waals surface area (Å²) in [6, 6.07) is 0. The first-order valence-corrected chi connectivity index (χ1v) is 7.29. The molecule has 0 atom stereocenters. The van der Waals surface area contributed by atoms with Crippen LogP contribution in [0.1, 0.15) is 13.8 Å². The first kappa shape index (κ1) is 7.46. The minimum absolute atomic E-state index is 0.274. The Morgan fingerprint density at radius 1 is 1.22 bits per heavy atom. The molecule has 0 saturated heterocycles. The van der Waals surface area contributed by atoms with E-state index in [9.17, 15) is 0 Å². The van der Waals surface area contributed by atoms with Gasteiger partial charge in [0, 0.05) is 0 Å². The molecule has 0 spiro atoms.